The fraction of sp³-hybridized carbons (Fsp3) is 0.667. The smallest absolute Gasteiger partial charge is 0.0814 e. The molecule has 1 aromatic rings. The maximum Gasteiger partial charge on any atom is 0.0814 e. The summed E-state index contributed by atoms with van der Waals surface area (Å²) in [5, 5.41) is 3.51. The Morgan fingerprint density at radius 3 is 2.50 bits per heavy atom. The molecule has 0 aromatic heterocycles. The predicted octanol–water partition coefficient (Wildman–Crippen LogP) is 4.32. The number of hydrogen-bond donors (Lipinski definition) is 1. The van der Waals surface area contributed by atoms with Gasteiger partial charge in [0.15, 0.2) is 0 Å². The maximum atomic E-state index is 6.55. The van der Waals surface area contributed by atoms with Gasteiger partial charge in [0.05, 0.1) is 11.7 Å². The Balaban J connectivity index is 2.03. The number of benzene rings is 1. The first kappa shape index (κ1) is 15.5. The molecule has 0 amide bonds. The third-order valence-electron chi connectivity index (χ3n) is 4.58. The summed E-state index contributed by atoms with van der Waals surface area (Å²) in [7, 11) is 0. The molecule has 0 aliphatic heterocycles. The van der Waals surface area contributed by atoms with E-state index in [9.17, 15) is 0 Å². The van der Waals surface area contributed by atoms with Crippen LogP contribution in [0.2, 0.25) is 0 Å². The summed E-state index contributed by atoms with van der Waals surface area (Å²) >= 11 is 0. The summed E-state index contributed by atoms with van der Waals surface area (Å²) in [5.74, 6) is 0.848. The lowest BCUT2D eigenvalue weighted by Gasteiger charge is -2.41. The highest BCUT2D eigenvalue weighted by molar-refractivity contribution is 5.17. The zero-order chi connectivity index (χ0) is 14.4. The van der Waals surface area contributed by atoms with Gasteiger partial charge in [0, 0.05) is 6.54 Å². The Kier molecular flexibility index (Phi) is 5.62. The monoisotopic (exact) mass is 275 g/mol. The fourth-order valence-electron chi connectivity index (χ4n) is 3.14. The first-order valence-electron chi connectivity index (χ1n) is 8.09. The van der Waals surface area contributed by atoms with Crippen LogP contribution >= 0.6 is 0 Å². The summed E-state index contributed by atoms with van der Waals surface area (Å²) in [4.78, 5) is 0. The van der Waals surface area contributed by atoms with E-state index in [-0.39, 0.29) is 11.7 Å². The van der Waals surface area contributed by atoms with E-state index in [4.69, 9.17) is 4.74 Å². The molecule has 2 nitrogen and oxygen atoms in total. The molecule has 0 spiro atoms. The van der Waals surface area contributed by atoms with Gasteiger partial charge in [-0.1, -0.05) is 44.2 Å². The summed E-state index contributed by atoms with van der Waals surface area (Å²) in [6.45, 7) is 8.70. The van der Waals surface area contributed by atoms with Crippen molar-refractivity contribution in [1.82, 2.24) is 5.32 Å². The van der Waals surface area contributed by atoms with Gasteiger partial charge in [-0.2, -0.15) is 0 Å². The lowest BCUT2D eigenvalue weighted by molar-refractivity contribution is -0.113. The van der Waals surface area contributed by atoms with E-state index in [1.807, 2.05) is 0 Å². The van der Waals surface area contributed by atoms with Crippen LogP contribution in [0.3, 0.4) is 0 Å². The van der Waals surface area contributed by atoms with E-state index in [1.165, 1.54) is 31.2 Å². The predicted molar refractivity (Wildman–Crippen MR) is 84.8 cm³/mol. The SMILES string of the molecule is CCNCC1(OC(C)c2ccccc2)CCC(C)CC1. The second kappa shape index (κ2) is 7.24. The highest BCUT2D eigenvalue weighted by Gasteiger charge is 2.36. The number of rotatable bonds is 6. The van der Waals surface area contributed by atoms with Gasteiger partial charge in [0.25, 0.3) is 0 Å². The fourth-order valence-corrected chi connectivity index (χ4v) is 3.14. The van der Waals surface area contributed by atoms with E-state index < -0.39 is 0 Å². The van der Waals surface area contributed by atoms with E-state index in [2.05, 4.69) is 56.4 Å². The Hall–Kier alpha value is -0.860. The minimum Gasteiger partial charge on any atom is -0.366 e. The summed E-state index contributed by atoms with van der Waals surface area (Å²) < 4.78 is 6.55. The lowest BCUT2D eigenvalue weighted by atomic mass is 9.79. The average Bonchev–Trinajstić information content (AvgIpc) is 2.49. The Morgan fingerprint density at radius 1 is 1.25 bits per heavy atom. The summed E-state index contributed by atoms with van der Waals surface area (Å²) in [6.07, 6.45) is 5.10. The topological polar surface area (TPSA) is 21.3 Å². The molecule has 1 aromatic carbocycles. The van der Waals surface area contributed by atoms with Crippen LogP contribution in [-0.2, 0) is 4.74 Å². The van der Waals surface area contributed by atoms with Gasteiger partial charge < -0.3 is 10.1 Å². The molecule has 0 radical (unpaired) electrons. The van der Waals surface area contributed by atoms with Crippen molar-refractivity contribution in [3.63, 3.8) is 0 Å². The van der Waals surface area contributed by atoms with E-state index >= 15 is 0 Å². The molecule has 0 heterocycles. The van der Waals surface area contributed by atoms with Gasteiger partial charge in [0.2, 0.25) is 0 Å². The second-order valence-electron chi connectivity index (χ2n) is 6.32. The van der Waals surface area contributed by atoms with E-state index in [0.29, 0.717) is 0 Å². The molecule has 1 saturated carbocycles. The largest absolute Gasteiger partial charge is 0.366 e. The van der Waals surface area contributed by atoms with Crippen LogP contribution in [0.15, 0.2) is 30.3 Å². The molecular weight excluding hydrogens is 246 g/mol. The standard InChI is InChI=1S/C18H29NO/c1-4-19-14-18(12-10-15(2)11-13-18)20-16(3)17-8-6-5-7-9-17/h5-9,15-16,19H,4,10-14H2,1-3H3. The second-order valence-corrected chi connectivity index (χ2v) is 6.32. The molecule has 0 bridgehead atoms. The first-order valence-corrected chi connectivity index (χ1v) is 8.09. The molecular formula is C18H29NO. The quantitative estimate of drug-likeness (QED) is 0.834. The Bertz CT molecular complexity index is 376. The van der Waals surface area contributed by atoms with Crippen LogP contribution in [0.5, 0.6) is 0 Å². The van der Waals surface area contributed by atoms with Gasteiger partial charge in [-0.15, -0.1) is 0 Å². The molecule has 0 saturated heterocycles. The van der Waals surface area contributed by atoms with Gasteiger partial charge in [-0.25, -0.2) is 0 Å². The van der Waals surface area contributed by atoms with Crippen LogP contribution in [0.25, 0.3) is 0 Å². The van der Waals surface area contributed by atoms with Crippen LogP contribution in [0, 0.1) is 5.92 Å². The van der Waals surface area contributed by atoms with Crippen LogP contribution in [0.4, 0.5) is 0 Å². The summed E-state index contributed by atoms with van der Waals surface area (Å²) in [5.41, 5.74) is 1.31. The number of likely N-dealkylation sites (N-methyl/N-ethyl adjacent to an activating group) is 1. The van der Waals surface area contributed by atoms with Gasteiger partial charge in [0.1, 0.15) is 0 Å². The van der Waals surface area contributed by atoms with Crippen molar-refractivity contribution in [2.24, 2.45) is 5.92 Å². The molecule has 1 fully saturated rings. The molecule has 1 aliphatic carbocycles. The van der Waals surface area contributed by atoms with Gasteiger partial charge in [-0.05, 0) is 50.6 Å². The third kappa shape index (κ3) is 4.07. The van der Waals surface area contributed by atoms with Crippen LogP contribution in [-0.4, -0.2) is 18.7 Å². The first-order chi connectivity index (χ1) is 9.65. The molecule has 1 unspecified atom stereocenters. The zero-order valence-electron chi connectivity index (χ0n) is 13.2. The van der Waals surface area contributed by atoms with E-state index in [1.54, 1.807) is 0 Å². The molecule has 1 N–H and O–H groups in total. The molecule has 1 aliphatic rings. The highest BCUT2D eigenvalue weighted by atomic mass is 16.5. The van der Waals surface area contributed by atoms with E-state index in [0.717, 1.165) is 19.0 Å². The van der Waals surface area contributed by atoms with Crippen molar-refractivity contribution < 1.29 is 4.74 Å². The zero-order valence-corrected chi connectivity index (χ0v) is 13.2. The van der Waals surface area contributed by atoms with Crippen LogP contribution in [0.1, 0.15) is 58.1 Å². The molecule has 20 heavy (non-hydrogen) atoms. The van der Waals surface area contributed by atoms with Crippen molar-refractivity contribution in [2.75, 3.05) is 13.1 Å². The number of ether oxygens (including phenoxy) is 1. The molecule has 1 atom stereocenters. The lowest BCUT2D eigenvalue weighted by Crippen LogP contribution is -2.46. The Morgan fingerprint density at radius 2 is 1.90 bits per heavy atom. The molecule has 112 valence electrons. The minimum absolute atomic E-state index is 0.0256. The van der Waals surface area contributed by atoms with Crippen LogP contribution < -0.4 is 5.32 Å². The molecule has 2 heteroatoms. The van der Waals surface area contributed by atoms with Gasteiger partial charge in [-0.3, -0.25) is 0 Å². The normalized spacial score (nSPS) is 28.2. The van der Waals surface area contributed by atoms with Crippen molar-refractivity contribution in [1.29, 1.82) is 0 Å². The number of hydrogen-bond acceptors (Lipinski definition) is 2. The van der Waals surface area contributed by atoms with Crippen molar-refractivity contribution in [3.05, 3.63) is 35.9 Å². The third-order valence-corrected chi connectivity index (χ3v) is 4.58. The minimum atomic E-state index is 0.0256. The maximum absolute atomic E-state index is 6.55. The average molecular weight is 275 g/mol. The highest BCUT2D eigenvalue weighted by Crippen LogP contribution is 2.37. The van der Waals surface area contributed by atoms with Crippen molar-refractivity contribution in [2.45, 2.75) is 58.2 Å². The van der Waals surface area contributed by atoms with Gasteiger partial charge >= 0.3 is 0 Å². The van der Waals surface area contributed by atoms with Crippen molar-refractivity contribution >= 4 is 0 Å². The Labute approximate surface area is 123 Å². The van der Waals surface area contributed by atoms with Crippen molar-refractivity contribution in [3.8, 4) is 0 Å². The number of nitrogens with one attached hydrogen (secondary N) is 1. The summed E-state index contributed by atoms with van der Waals surface area (Å²) in [6, 6.07) is 10.6. The molecule has 2 rings (SSSR count).